The van der Waals surface area contributed by atoms with E-state index in [1.807, 2.05) is 0 Å². The zero-order valence-corrected chi connectivity index (χ0v) is 10.0. The number of rotatable bonds is 4. The average molecular weight is 306 g/mol. The molecule has 0 saturated carbocycles. The molecule has 0 bridgehead atoms. The molecule has 0 rings (SSSR count). The van der Waals surface area contributed by atoms with Crippen molar-refractivity contribution in [1.82, 2.24) is 0 Å². The maximum Gasteiger partial charge on any atom is 0.428 e. The molecule has 0 spiro atoms. The third-order valence-electron chi connectivity index (χ3n) is 2.62. The van der Waals surface area contributed by atoms with E-state index in [2.05, 4.69) is 4.74 Å². The van der Waals surface area contributed by atoms with Gasteiger partial charge < -0.3 is 4.74 Å². The number of ether oxygens (including phenoxy) is 1. The van der Waals surface area contributed by atoms with Crippen LogP contribution in [0.25, 0.3) is 0 Å². The molecule has 0 amide bonds. The summed E-state index contributed by atoms with van der Waals surface area (Å²) >= 11 is 0. The molecule has 116 valence electrons. The minimum atomic E-state index is -6.10. The van der Waals surface area contributed by atoms with Crippen LogP contribution in [0.2, 0.25) is 0 Å². The van der Waals surface area contributed by atoms with E-state index in [9.17, 15) is 39.5 Å². The zero-order valence-electron chi connectivity index (χ0n) is 10.0. The molecule has 2 unspecified atom stereocenters. The van der Waals surface area contributed by atoms with E-state index in [1.54, 1.807) is 0 Å². The maximum atomic E-state index is 13.9. The number of hydrogen-bond donors (Lipinski definition) is 0. The Morgan fingerprint density at radius 1 is 0.684 bits per heavy atom. The van der Waals surface area contributed by atoms with Crippen LogP contribution >= 0.6 is 0 Å². The molecule has 19 heavy (non-hydrogen) atoms. The molecule has 0 aromatic heterocycles. The molecule has 0 aromatic carbocycles. The highest BCUT2D eigenvalue weighted by Crippen LogP contribution is 2.55. The molecular weight excluding hydrogens is 295 g/mol. The molecule has 0 heterocycles. The van der Waals surface area contributed by atoms with E-state index in [0.29, 0.717) is 0 Å². The molecule has 0 aliphatic heterocycles. The van der Waals surface area contributed by atoms with Gasteiger partial charge in [0.25, 0.3) is 17.2 Å². The lowest BCUT2D eigenvalue weighted by molar-refractivity contribution is -0.401. The average Bonchev–Trinajstić information content (AvgIpc) is 2.13. The summed E-state index contributed by atoms with van der Waals surface area (Å²) in [6, 6.07) is 0. The first-order valence-corrected chi connectivity index (χ1v) is 4.90. The molecule has 0 saturated heterocycles. The van der Waals surface area contributed by atoms with Crippen molar-refractivity contribution < 1.29 is 44.3 Å². The summed E-state index contributed by atoms with van der Waals surface area (Å²) in [5.41, 5.74) is -10.4. The normalized spacial score (nSPS) is 23.4. The lowest BCUT2D eigenvalue weighted by Crippen LogP contribution is -2.70. The van der Waals surface area contributed by atoms with Crippen molar-refractivity contribution in [3.63, 3.8) is 0 Å². The predicted molar refractivity (Wildman–Crippen MR) is 46.6 cm³/mol. The minimum absolute atomic E-state index is 0.549. The highest BCUT2D eigenvalue weighted by atomic mass is 19.4. The Morgan fingerprint density at radius 2 is 0.947 bits per heavy atom. The van der Waals surface area contributed by atoms with Crippen molar-refractivity contribution in [2.45, 2.75) is 50.3 Å². The van der Waals surface area contributed by atoms with Crippen LogP contribution in [0.4, 0.5) is 39.5 Å². The smallest absolute Gasteiger partial charge is 0.341 e. The van der Waals surface area contributed by atoms with Crippen LogP contribution in [0, 0.1) is 0 Å². The second kappa shape index (κ2) is 4.71. The van der Waals surface area contributed by atoms with E-state index in [1.165, 1.54) is 0 Å². The SMILES string of the molecule is CCOC(F)(C(C)(F)C(F)(F)F)C(C)(F)C(F)(F)F. The van der Waals surface area contributed by atoms with Crippen LogP contribution in [0.5, 0.6) is 0 Å². The first-order chi connectivity index (χ1) is 8.06. The standard InChI is InChI=1S/C9H11F9O/c1-4-19-7(12,5(2,10)8(13,14)15)6(3,11)9(16,17)18/h4H2,1-3H3. The van der Waals surface area contributed by atoms with Crippen LogP contribution in [-0.2, 0) is 4.74 Å². The van der Waals surface area contributed by atoms with E-state index >= 15 is 0 Å². The quantitative estimate of drug-likeness (QED) is 0.705. The fourth-order valence-corrected chi connectivity index (χ4v) is 1.28. The molecule has 0 N–H and O–H groups in total. The van der Waals surface area contributed by atoms with Gasteiger partial charge in [-0.25, -0.2) is 13.2 Å². The third-order valence-corrected chi connectivity index (χ3v) is 2.62. The van der Waals surface area contributed by atoms with Gasteiger partial charge in [-0.15, -0.1) is 0 Å². The highest BCUT2D eigenvalue weighted by molar-refractivity contribution is 5.10. The topological polar surface area (TPSA) is 9.23 Å². The highest BCUT2D eigenvalue weighted by Gasteiger charge is 2.81. The largest absolute Gasteiger partial charge is 0.428 e. The van der Waals surface area contributed by atoms with Crippen LogP contribution in [-0.4, -0.2) is 36.2 Å². The second-order valence-electron chi connectivity index (χ2n) is 4.03. The molecule has 1 nitrogen and oxygen atoms in total. The van der Waals surface area contributed by atoms with Gasteiger partial charge in [-0.05, 0) is 20.8 Å². The molecule has 0 aliphatic carbocycles. The van der Waals surface area contributed by atoms with E-state index in [4.69, 9.17) is 0 Å². The first kappa shape index (κ1) is 18.3. The number of halogens is 9. The first-order valence-electron chi connectivity index (χ1n) is 4.90. The Bertz CT molecular complexity index is 289. The van der Waals surface area contributed by atoms with Crippen molar-refractivity contribution in [3.05, 3.63) is 0 Å². The van der Waals surface area contributed by atoms with Crippen molar-refractivity contribution >= 4 is 0 Å². The molecule has 2 atom stereocenters. The van der Waals surface area contributed by atoms with E-state index in [0.717, 1.165) is 6.92 Å². The molecule has 0 aromatic rings. The van der Waals surface area contributed by atoms with Crippen molar-refractivity contribution in [2.75, 3.05) is 6.61 Å². The Morgan fingerprint density at radius 3 is 1.11 bits per heavy atom. The van der Waals surface area contributed by atoms with Gasteiger partial charge in [0.05, 0.1) is 0 Å². The van der Waals surface area contributed by atoms with Gasteiger partial charge in [0.2, 0.25) is 0 Å². The van der Waals surface area contributed by atoms with Gasteiger partial charge in [-0.1, -0.05) is 0 Å². The van der Waals surface area contributed by atoms with Gasteiger partial charge >= 0.3 is 12.4 Å². The van der Waals surface area contributed by atoms with Crippen LogP contribution in [0.3, 0.4) is 0 Å². The Kier molecular flexibility index (Phi) is 4.54. The summed E-state index contributed by atoms with van der Waals surface area (Å²) in [7, 11) is 0. The van der Waals surface area contributed by atoms with Crippen LogP contribution < -0.4 is 0 Å². The van der Waals surface area contributed by atoms with E-state index in [-0.39, 0.29) is 0 Å². The minimum Gasteiger partial charge on any atom is -0.341 e. The Labute approximate surface area is 102 Å². The zero-order chi connectivity index (χ0) is 15.9. The van der Waals surface area contributed by atoms with Crippen LogP contribution in [0.1, 0.15) is 20.8 Å². The summed E-state index contributed by atoms with van der Waals surface area (Å²) < 4.78 is 119. The van der Waals surface area contributed by atoms with Crippen molar-refractivity contribution in [1.29, 1.82) is 0 Å². The molecule has 0 radical (unpaired) electrons. The number of hydrogen-bond acceptors (Lipinski definition) is 1. The van der Waals surface area contributed by atoms with Crippen LogP contribution in [0.15, 0.2) is 0 Å². The third kappa shape index (κ3) is 2.63. The fraction of sp³-hybridized carbons (Fsp3) is 1.00. The van der Waals surface area contributed by atoms with Gasteiger partial charge in [-0.2, -0.15) is 26.3 Å². The van der Waals surface area contributed by atoms with Gasteiger partial charge in [0, 0.05) is 6.61 Å². The van der Waals surface area contributed by atoms with Gasteiger partial charge in [-0.3, -0.25) is 0 Å². The monoisotopic (exact) mass is 306 g/mol. The van der Waals surface area contributed by atoms with Gasteiger partial charge in [0.1, 0.15) is 0 Å². The summed E-state index contributed by atoms with van der Waals surface area (Å²) in [5, 5.41) is 0. The Balaban J connectivity index is 6.04. The second-order valence-corrected chi connectivity index (χ2v) is 4.03. The summed E-state index contributed by atoms with van der Waals surface area (Å²) in [4.78, 5) is 0. The molecule has 0 aliphatic rings. The molecular formula is C9H11F9O. The molecule has 10 heteroatoms. The lowest BCUT2D eigenvalue weighted by atomic mass is 9.84. The fourth-order valence-electron chi connectivity index (χ4n) is 1.28. The Hall–Kier alpha value is -0.670. The lowest BCUT2D eigenvalue weighted by Gasteiger charge is -2.44. The van der Waals surface area contributed by atoms with E-state index < -0.39 is 50.0 Å². The maximum absolute atomic E-state index is 13.9. The predicted octanol–water partition coefficient (Wildman–Crippen LogP) is 4.27. The van der Waals surface area contributed by atoms with Gasteiger partial charge in [0.15, 0.2) is 0 Å². The summed E-state index contributed by atoms with van der Waals surface area (Å²) in [6.45, 7) is -1.40. The van der Waals surface area contributed by atoms with Crippen molar-refractivity contribution in [3.8, 4) is 0 Å². The van der Waals surface area contributed by atoms with Crippen molar-refractivity contribution in [2.24, 2.45) is 0 Å². The number of alkyl halides is 9. The summed E-state index contributed by atoms with van der Waals surface area (Å²) in [5.74, 6) is -5.27. The summed E-state index contributed by atoms with van der Waals surface area (Å²) in [6.07, 6.45) is -12.2. The molecule has 0 fully saturated rings.